The molecule has 23 heavy (non-hydrogen) atoms. The van der Waals surface area contributed by atoms with Crippen molar-refractivity contribution in [2.24, 2.45) is 5.92 Å². The highest BCUT2D eigenvalue weighted by atomic mass is 35.5. The molecule has 0 bridgehead atoms. The lowest BCUT2D eigenvalue weighted by atomic mass is 10.0. The van der Waals surface area contributed by atoms with Gasteiger partial charge in [-0.1, -0.05) is 56.0 Å². The molecule has 1 aromatic rings. The highest BCUT2D eigenvalue weighted by Gasteiger charge is 2.24. The highest BCUT2D eigenvalue weighted by Crippen LogP contribution is 2.28. The van der Waals surface area contributed by atoms with E-state index < -0.39 is 0 Å². The Morgan fingerprint density at radius 2 is 1.74 bits per heavy atom. The molecule has 1 saturated carbocycles. The van der Waals surface area contributed by atoms with E-state index in [0.717, 1.165) is 51.5 Å². The minimum absolute atomic E-state index is 0. The van der Waals surface area contributed by atoms with Crippen LogP contribution in [-0.2, 0) is 11.3 Å². The fourth-order valence-electron chi connectivity index (χ4n) is 3.92. The average Bonchev–Trinajstić information content (AvgIpc) is 3.08. The van der Waals surface area contributed by atoms with Crippen LogP contribution in [0.1, 0.15) is 44.1 Å². The summed E-state index contributed by atoms with van der Waals surface area (Å²) in [5, 5.41) is 0. The Hall–Kier alpha value is -1.06. The lowest BCUT2D eigenvalue weighted by Gasteiger charge is -2.32. The van der Waals surface area contributed by atoms with Crippen molar-refractivity contribution in [3.05, 3.63) is 35.9 Å². The number of carbonyl (C=O) groups excluding carboxylic acids is 1. The van der Waals surface area contributed by atoms with Crippen molar-refractivity contribution in [3.63, 3.8) is 0 Å². The Kier molecular flexibility index (Phi) is 7.38. The fourth-order valence-corrected chi connectivity index (χ4v) is 3.92. The van der Waals surface area contributed by atoms with E-state index in [1.54, 1.807) is 4.90 Å². The molecule has 0 spiro atoms. The minimum atomic E-state index is 0. The summed E-state index contributed by atoms with van der Waals surface area (Å²) in [6.07, 6.45) is 7.35. The summed E-state index contributed by atoms with van der Waals surface area (Å²) in [7, 11) is 0. The molecule has 4 heteroatoms. The Labute approximate surface area is 146 Å². The number of carbonyl (C=O) groups is 1. The van der Waals surface area contributed by atoms with Crippen LogP contribution in [0.4, 0.5) is 0 Å². The van der Waals surface area contributed by atoms with Crippen molar-refractivity contribution in [1.29, 1.82) is 0 Å². The van der Waals surface area contributed by atoms with Crippen molar-refractivity contribution >= 4 is 5.91 Å². The molecule has 1 amide bonds. The lowest BCUT2D eigenvalue weighted by molar-refractivity contribution is -0.917. The van der Waals surface area contributed by atoms with Crippen molar-refractivity contribution in [3.8, 4) is 0 Å². The molecular weight excluding hydrogens is 308 g/mol. The van der Waals surface area contributed by atoms with E-state index in [-0.39, 0.29) is 12.4 Å². The monoisotopic (exact) mass is 336 g/mol. The van der Waals surface area contributed by atoms with Crippen molar-refractivity contribution < 1.29 is 22.1 Å². The number of hydrogen-bond acceptors (Lipinski definition) is 1. The first kappa shape index (κ1) is 18.3. The van der Waals surface area contributed by atoms with Crippen LogP contribution in [0, 0.1) is 5.92 Å². The van der Waals surface area contributed by atoms with Gasteiger partial charge in [0, 0.05) is 12.0 Å². The van der Waals surface area contributed by atoms with E-state index >= 15 is 0 Å². The van der Waals surface area contributed by atoms with E-state index in [4.69, 9.17) is 0 Å². The van der Waals surface area contributed by atoms with Crippen molar-refractivity contribution in [1.82, 2.24) is 4.90 Å². The smallest absolute Gasteiger partial charge is 0.222 e. The second-order valence-electron chi connectivity index (χ2n) is 6.98. The summed E-state index contributed by atoms with van der Waals surface area (Å²) in [5.74, 6) is 1.22. The number of nitrogens with one attached hydrogen (secondary N) is 1. The van der Waals surface area contributed by atoms with Gasteiger partial charge in [0.2, 0.25) is 5.91 Å². The van der Waals surface area contributed by atoms with Gasteiger partial charge in [-0.25, -0.2) is 0 Å². The van der Waals surface area contributed by atoms with Crippen molar-refractivity contribution in [2.45, 2.75) is 45.1 Å². The van der Waals surface area contributed by atoms with Crippen LogP contribution in [-0.4, -0.2) is 37.0 Å². The van der Waals surface area contributed by atoms with Gasteiger partial charge in [-0.3, -0.25) is 4.79 Å². The summed E-state index contributed by atoms with van der Waals surface area (Å²) in [6.45, 7) is 5.14. The number of halogens is 1. The molecule has 1 aromatic carbocycles. The van der Waals surface area contributed by atoms with E-state index in [9.17, 15) is 4.79 Å². The Balaban J connectivity index is 0.00000192. The third-order valence-electron chi connectivity index (χ3n) is 5.36. The van der Waals surface area contributed by atoms with Crippen LogP contribution >= 0.6 is 0 Å². The second-order valence-corrected chi connectivity index (χ2v) is 6.98. The summed E-state index contributed by atoms with van der Waals surface area (Å²) in [6, 6.07) is 10.7. The maximum Gasteiger partial charge on any atom is 0.222 e. The molecule has 0 atom stereocenters. The topological polar surface area (TPSA) is 24.8 Å². The highest BCUT2D eigenvalue weighted by molar-refractivity contribution is 5.76. The zero-order valence-electron chi connectivity index (χ0n) is 14.0. The first-order valence-corrected chi connectivity index (χ1v) is 8.96. The first-order chi connectivity index (χ1) is 10.8. The third kappa shape index (κ3) is 5.50. The Morgan fingerprint density at radius 3 is 2.39 bits per heavy atom. The number of quaternary nitrogens is 1. The van der Waals surface area contributed by atoms with Crippen LogP contribution in [0.5, 0.6) is 0 Å². The molecule has 2 aliphatic rings. The molecule has 0 radical (unpaired) electrons. The van der Waals surface area contributed by atoms with Crippen LogP contribution in [0.25, 0.3) is 0 Å². The summed E-state index contributed by atoms with van der Waals surface area (Å²) in [5.41, 5.74) is 1.40. The predicted octanol–water partition coefficient (Wildman–Crippen LogP) is -1.11. The van der Waals surface area contributed by atoms with Gasteiger partial charge in [-0.05, 0) is 12.3 Å². The Bertz CT molecular complexity index is 466. The van der Waals surface area contributed by atoms with Gasteiger partial charge in [0.1, 0.15) is 6.54 Å². The van der Waals surface area contributed by atoms with Gasteiger partial charge >= 0.3 is 0 Å². The van der Waals surface area contributed by atoms with Gasteiger partial charge in [0.25, 0.3) is 0 Å². The van der Waals surface area contributed by atoms with Crippen molar-refractivity contribution in [2.75, 3.05) is 26.2 Å². The van der Waals surface area contributed by atoms with E-state index in [2.05, 4.69) is 35.2 Å². The zero-order chi connectivity index (χ0) is 15.2. The molecule has 1 aliphatic heterocycles. The number of hydrogen-bond donors (Lipinski definition) is 1. The standard InChI is InChI=1S/C19H28N2O.ClH/c22-19(11-10-17-6-4-5-7-17)21-14-12-20(13-15-21)16-18-8-2-1-3-9-18;/h1-3,8-9,17H,4-7,10-16H2;1H. The molecule has 128 valence electrons. The van der Waals surface area contributed by atoms with Crippen LogP contribution in [0.15, 0.2) is 30.3 Å². The van der Waals surface area contributed by atoms with E-state index in [0.29, 0.717) is 5.91 Å². The fraction of sp³-hybridized carbons (Fsp3) is 0.632. The molecule has 1 aliphatic carbocycles. The predicted molar refractivity (Wildman–Crippen MR) is 88.6 cm³/mol. The van der Waals surface area contributed by atoms with Crippen LogP contribution < -0.4 is 17.3 Å². The summed E-state index contributed by atoms with van der Waals surface area (Å²) in [4.78, 5) is 16.0. The molecule has 1 N–H and O–H groups in total. The maximum atomic E-state index is 12.3. The number of rotatable bonds is 5. The average molecular weight is 337 g/mol. The maximum absolute atomic E-state index is 12.3. The van der Waals surface area contributed by atoms with Crippen LogP contribution in [0.3, 0.4) is 0 Å². The van der Waals surface area contributed by atoms with Crippen LogP contribution in [0.2, 0.25) is 0 Å². The summed E-state index contributed by atoms with van der Waals surface area (Å²) < 4.78 is 0. The molecule has 0 aromatic heterocycles. The van der Waals surface area contributed by atoms with Gasteiger partial charge in [0.05, 0.1) is 26.2 Å². The van der Waals surface area contributed by atoms with E-state index in [1.807, 2.05) is 0 Å². The second kappa shape index (κ2) is 9.29. The number of nitrogens with zero attached hydrogens (tertiary/aromatic N) is 1. The van der Waals surface area contributed by atoms with Gasteiger partial charge in [-0.2, -0.15) is 0 Å². The third-order valence-corrected chi connectivity index (χ3v) is 5.36. The van der Waals surface area contributed by atoms with E-state index in [1.165, 1.54) is 31.2 Å². The molecule has 2 fully saturated rings. The van der Waals surface area contributed by atoms with Gasteiger partial charge in [-0.15, -0.1) is 0 Å². The lowest BCUT2D eigenvalue weighted by Crippen LogP contribution is -3.13. The molecule has 0 unspecified atom stereocenters. The molecule has 3 rings (SSSR count). The molecule has 1 saturated heterocycles. The minimum Gasteiger partial charge on any atom is -1.00 e. The number of amides is 1. The molecule has 1 heterocycles. The number of benzene rings is 1. The first-order valence-electron chi connectivity index (χ1n) is 8.96. The molecular formula is C19H29ClN2O. The zero-order valence-corrected chi connectivity index (χ0v) is 14.7. The molecule has 3 nitrogen and oxygen atoms in total. The largest absolute Gasteiger partial charge is 1.00 e. The Morgan fingerprint density at radius 1 is 1.09 bits per heavy atom. The summed E-state index contributed by atoms with van der Waals surface area (Å²) >= 11 is 0. The normalized spacial score (nSPS) is 19.6. The van der Waals surface area contributed by atoms with Gasteiger partial charge < -0.3 is 22.2 Å². The number of piperazine rings is 1. The SMILES string of the molecule is O=C(CCC1CCCC1)N1CC[NH+](Cc2ccccc2)CC1.[Cl-]. The van der Waals surface area contributed by atoms with Gasteiger partial charge in [0.15, 0.2) is 0 Å². The quantitative estimate of drug-likeness (QED) is 0.724.